The zero-order valence-corrected chi connectivity index (χ0v) is 5.88. The van der Waals surface area contributed by atoms with Crippen LogP contribution >= 0.6 is 0 Å². The molecule has 1 heterocycles. The lowest BCUT2D eigenvalue weighted by atomic mass is 10.2. The average molecular weight is 144 g/mol. The summed E-state index contributed by atoms with van der Waals surface area (Å²) in [5.74, 6) is 0. The maximum atomic E-state index is 10.2. The number of hydrogen-bond donors (Lipinski definition) is 1. The van der Waals surface area contributed by atoms with Crippen molar-refractivity contribution in [2.75, 3.05) is 13.1 Å². The molecular weight excluding hydrogens is 132 g/mol. The van der Waals surface area contributed by atoms with Gasteiger partial charge in [0.25, 0.3) is 0 Å². The van der Waals surface area contributed by atoms with E-state index in [1.807, 2.05) is 0 Å². The van der Waals surface area contributed by atoms with Gasteiger partial charge in [-0.15, -0.1) is 5.06 Å². The molecule has 1 rings (SSSR count). The summed E-state index contributed by atoms with van der Waals surface area (Å²) in [5.41, 5.74) is 4.82. The van der Waals surface area contributed by atoms with Gasteiger partial charge in [0.05, 0.1) is 0 Å². The Labute approximate surface area is 59.9 Å². The van der Waals surface area contributed by atoms with E-state index in [0.717, 1.165) is 25.9 Å². The predicted octanol–water partition coefficient (Wildman–Crippen LogP) is 0.483. The smallest absolute Gasteiger partial charge is 0.351 e. The van der Waals surface area contributed by atoms with Crippen LogP contribution in [-0.4, -0.2) is 24.2 Å². The maximum Gasteiger partial charge on any atom is 0.423 e. The summed E-state index contributed by atoms with van der Waals surface area (Å²) in [4.78, 5) is 14.9. The third kappa shape index (κ3) is 2.23. The number of carbonyl (C=O) groups excluding carboxylic acids is 1. The van der Waals surface area contributed by atoms with Gasteiger partial charge in [-0.05, 0) is 12.8 Å². The molecule has 0 saturated carbocycles. The van der Waals surface area contributed by atoms with E-state index in [-0.39, 0.29) is 0 Å². The maximum absolute atomic E-state index is 10.2. The molecule has 0 bridgehead atoms. The summed E-state index contributed by atoms with van der Waals surface area (Å²) < 4.78 is 0. The fourth-order valence-corrected chi connectivity index (χ4v) is 1.08. The standard InChI is InChI=1S/C6H12N2O2/c7-6(9)10-8-4-2-1-3-5-8/h1-5H2,(H2,7,9). The molecule has 0 radical (unpaired) electrons. The molecule has 1 amide bonds. The van der Waals surface area contributed by atoms with Crippen molar-refractivity contribution < 1.29 is 9.63 Å². The highest BCUT2D eigenvalue weighted by molar-refractivity contribution is 5.64. The lowest BCUT2D eigenvalue weighted by Gasteiger charge is -2.23. The van der Waals surface area contributed by atoms with Crippen molar-refractivity contribution in [3.8, 4) is 0 Å². The van der Waals surface area contributed by atoms with E-state index in [1.165, 1.54) is 6.42 Å². The number of primary amides is 1. The zero-order valence-electron chi connectivity index (χ0n) is 5.88. The first-order valence-electron chi connectivity index (χ1n) is 3.51. The van der Waals surface area contributed by atoms with Gasteiger partial charge < -0.3 is 10.6 Å². The molecule has 0 aromatic carbocycles. The summed E-state index contributed by atoms with van der Waals surface area (Å²) in [6, 6.07) is 0. The van der Waals surface area contributed by atoms with E-state index >= 15 is 0 Å². The van der Waals surface area contributed by atoms with Gasteiger partial charge in [-0.1, -0.05) is 6.42 Å². The van der Waals surface area contributed by atoms with Crippen LogP contribution in [0.15, 0.2) is 0 Å². The molecule has 0 unspecified atom stereocenters. The molecular formula is C6H12N2O2. The van der Waals surface area contributed by atoms with E-state index in [1.54, 1.807) is 5.06 Å². The number of nitrogens with two attached hydrogens (primary N) is 1. The van der Waals surface area contributed by atoms with E-state index < -0.39 is 6.09 Å². The van der Waals surface area contributed by atoms with Gasteiger partial charge in [0.1, 0.15) is 0 Å². The summed E-state index contributed by atoms with van der Waals surface area (Å²) in [6.45, 7) is 1.64. The van der Waals surface area contributed by atoms with Crippen LogP contribution in [0.4, 0.5) is 4.79 Å². The fourth-order valence-electron chi connectivity index (χ4n) is 1.08. The van der Waals surface area contributed by atoms with Crippen LogP contribution in [0, 0.1) is 0 Å². The first-order valence-corrected chi connectivity index (χ1v) is 3.51. The zero-order chi connectivity index (χ0) is 7.40. The minimum absolute atomic E-state index is 0.707. The molecule has 4 heteroatoms. The SMILES string of the molecule is NC(=O)ON1CCCCC1. The number of amides is 1. The van der Waals surface area contributed by atoms with E-state index in [4.69, 9.17) is 5.73 Å². The van der Waals surface area contributed by atoms with Crippen LogP contribution in [0.1, 0.15) is 19.3 Å². The van der Waals surface area contributed by atoms with Crippen molar-refractivity contribution in [1.29, 1.82) is 0 Å². The van der Waals surface area contributed by atoms with Gasteiger partial charge >= 0.3 is 6.09 Å². The van der Waals surface area contributed by atoms with Gasteiger partial charge in [0.2, 0.25) is 0 Å². The largest absolute Gasteiger partial charge is 0.423 e. The molecule has 2 N–H and O–H groups in total. The highest BCUT2D eigenvalue weighted by atomic mass is 16.7. The van der Waals surface area contributed by atoms with E-state index in [2.05, 4.69) is 4.84 Å². The second-order valence-corrected chi connectivity index (χ2v) is 2.40. The minimum Gasteiger partial charge on any atom is -0.351 e. The Kier molecular flexibility index (Phi) is 2.50. The number of nitrogens with zero attached hydrogens (tertiary/aromatic N) is 1. The normalized spacial score (nSPS) is 20.4. The van der Waals surface area contributed by atoms with E-state index in [9.17, 15) is 4.79 Å². The molecule has 1 fully saturated rings. The third-order valence-electron chi connectivity index (χ3n) is 1.53. The van der Waals surface area contributed by atoms with Crippen molar-refractivity contribution in [2.45, 2.75) is 19.3 Å². The summed E-state index contributed by atoms with van der Waals surface area (Å²) in [5, 5.41) is 1.62. The van der Waals surface area contributed by atoms with Crippen molar-refractivity contribution in [1.82, 2.24) is 5.06 Å². The molecule has 10 heavy (non-hydrogen) atoms. The number of rotatable bonds is 1. The second kappa shape index (κ2) is 3.41. The quantitative estimate of drug-likeness (QED) is 0.582. The molecule has 1 saturated heterocycles. The summed E-state index contributed by atoms with van der Waals surface area (Å²) in [7, 11) is 0. The Balaban J connectivity index is 2.19. The Hall–Kier alpha value is -0.770. The highest BCUT2D eigenvalue weighted by Crippen LogP contribution is 2.07. The molecule has 58 valence electrons. The molecule has 4 nitrogen and oxygen atoms in total. The lowest BCUT2D eigenvalue weighted by molar-refractivity contribution is -0.107. The number of hydroxylamine groups is 2. The number of hydrogen-bond acceptors (Lipinski definition) is 3. The Morgan fingerprint density at radius 1 is 1.30 bits per heavy atom. The van der Waals surface area contributed by atoms with Crippen LogP contribution in [0.5, 0.6) is 0 Å². The van der Waals surface area contributed by atoms with Gasteiger partial charge in [-0.3, -0.25) is 0 Å². The van der Waals surface area contributed by atoms with Crippen molar-refractivity contribution >= 4 is 6.09 Å². The molecule has 0 atom stereocenters. The summed E-state index contributed by atoms with van der Waals surface area (Å²) in [6.07, 6.45) is 2.70. The Morgan fingerprint density at radius 3 is 2.40 bits per heavy atom. The Bertz CT molecular complexity index is 121. The molecule has 1 aliphatic heterocycles. The van der Waals surface area contributed by atoms with E-state index in [0.29, 0.717) is 0 Å². The minimum atomic E-state index is -0.707. The highest BCUT2D eigenvalue weighted by Gasteiger charge is 2.12. The van der Waals surface area contributed by atoms with Crippen molar-refractivity contribution in [2.24, 2.45) is 5.73 Å². The summed E-state index contributed by atoms with van der Waals surface area (Å²) >= 11 is 0. The topological polar surface area (TPSA) is 55.6 Å². The molecule has 0 aromatic rings. The molecule has 0 aromatic heterocycles. The number of piperidine rings is 1. The van der Waals surface area contributed by atoms with Crippen molar-refractivity contribution in [3.05, 3.63) is 0 Å². The van der Waals surface area contributed by atoms with Gasteiger partial charge in [-0.2, -0.15) is 0 Å². The first kappa shape index (κ1) is 7.34. The lowest BCUT2D eigenvalue weighted by Crippen LogP contribution is -2.34. The average Bonchev–Trinajstić information content (AvgIpc) is 1.88. The van der Waals surface area contributed by atoms with Crippen LogP contribution in [-0.2, 0) is 4.84 Å². The monoisotopic (exact) mass is 144 g/mol. The fraction of sp³-hybridized carbons (Fsp3) is 0.833. The van der Waals surface area contributed by atoms with Crippen LogP contribution < -0.4 is 5.73 Å². The molecule has 0 aliphatic carbocycles. The second-order valence-electron chi connectivity index (χ2n) is 2.40. The first-order chi connectivity index (χ1) is 4.79. The van der Waals surface area contributed by atoms with Crippen LogP contribution in [0.25, 0.3) is 0 Å². The van der Waals surface area contributed by atoms with Gasteiger partial charge in [0, 0.05) is 13.1 Å². The Morgan fingerprint density at radius 2 is 1.90 bits per heavy atom. The van der Waals surface area contributed by atoms with Crippen LogP contribution in [0.3, 0.4) is 0 Å². The van der Waals surface area contributed by atoms with Crippen molar-refractivity contribution in [3.63, 3.8) is 0 Å². The number of carbonyl (C=O) groups is 1. The van der Waals surface area contributed by atoms with Crippen LogP contribution in [0.2, 0.25) is 0 Å². The molecule has 1 aliphatic rings. The predicted molar refractivity (Wildman–Crippen MR) is 36.1 cm³/mol. The van der Waals surface area contributed by atoms with Gasteiger partial charge in [-0.25, -0.2) is 4.79 Å². The van der Waals surface area contributed by atoms with Gasteiger partial charge in [0.15, 0.2) is 0 Å². The molecule has 0 spiro atoms. The third-order valence-corrected chi connectivity index (χ3v) is 1.53.